The number of nitrogens with one attached hydrogen (secondary N) is 2. The maximum Gasteiger partial charge on any atom is 0.222 e. The molecule has 0 aromatic heterocycles. The highest BCUT2D eigenvalue weighted by atomic mass is 16.2. The predicted molar refractivity (Wildman–Crippen MR) is 160 cm³/mol. The number of hydrogen-bond acceptors (Lipinski definition) is 4. The second-order valence-electron chi connectivity index (χ2n) is 10.9. The molecule has 0 fully saturated rings. The molecule has 0 radical (unpaired) electrons. The van der Waals surface area contributed by atoms with Crippen LogP contribution in [0.5, 0.6) is 0 Å². The van der Waals surface area contributed by atoms with Crippen LogP contribution >= 0.6 is 0 Å². The molecule has 0 bridgehead atoms. The third-order valence-electron chi connectivity index (χ3n) is 7.18. The Bertz CT molecular complexity index is 603. The van der Waals surface area contributed by atoms with Gasteiger partial charge in [0.15, 0.2) is 0 Å². The lowest BCUT2D eigenvalue weighted by molar-refractivity contribution is -0.132. The van der Waals surface area contributed by atoms with E-state index >= 15 is 0 Å². The number of amides is 4. The molecule has 8 nitrogen and oxygen atoms in total. The molecular weight excluding hydrogens is 492 g/mol. The van der Waals surface area contributed by atoms with E-state index in [2.05, 4.69) is 24.5 Å². The molecule has 0 spiro atoms. The number of unbranched alkanes of at least 4 members (excludes halogenated alkanes) is 12. The first-order valence-electron chi connectivity index (χ1n) is 15.8. The second kappa shape index (κ2) is 26.1. The predicted octanol–water partition coefficient (Wildman–Crippen LogP) is 5.59. The second-order valence-corrected chi connectivity index (χ2v) is 10.9. The maximum atomic E-state index is 12.2. The molecule has 4 amide bonds. The molecule has 0 aromatic carbocycles. The lowest BCUT2D eigenvalue weighted by Gasteiger charge is -2.17. The summed E-state index contributed by atoms with van der Waals surface area (Å²) in [5, 5.41) is 5.83. The molecule has 0 unspecified atom stereocenters. The van der Waals surface area contributed by atoms with Gasteiger partial charge in [-0.1, -0.05) is 84.5 Å². The molecule has 39 heavy (non-hydrogen) atoms. The summed E-state index contributed by atoms with van der Waals surface area (Å²) in [6, 6.07) is 0. The van der Waals surface area contributed by atoms with Crippen LogP contribution in [0.25, 0.3) is 0 Å². The van der Waals surface area contributed by atoms with E-state index in [4.69, 9.17) is 0 Å². The van der Waals surface area contributed by atoms with Crippen LogP contribution in [0.2, 0.25) is 0 Å². The Morgan fingerprint density at radius 2 is 0.795 bits per heavy atom. The fourth-order valence-electron chi connectivity index (χ4n) is 4.39. The smallest absolute Gasteiger partial charge is 0.222 e. The van der Waals surface area contributed by atoms with Gasteiger partial charge in [-0.25, -0.2) is 0 Å². The van der Waals surface area contributed by atoms with Crippen LogP contribution in [0.3, 0.4) is 0 Å². The van der Waals surface area contributed by atoms with E-state index in [-0.39, 0.29) is 49.3 Å². The van der Waals surface area contributed by atoms with Crippen LogP contribution < -0.4 is 10.6 Å². The van der Waals surface area contributed by atoms with Crippen molar-refractivity contribution < 1.29 is 19.2 Å². The molecule has 0 saturated carbocycles. The Hall–Kier alpha value is -2.12. The third-order valence-corrected chi connectivity index (χ3v) is 7.18. The zero-order chi connectivity index (χ0) is 29.1. The first kappa shape index (κ1) is 36.9. The number of rotatable bonds is 26. The Kier molecular flexibility index (Phi) is 24.7. The van der Waals surface area contributed by atoms with Crippen molar-refractivity contribution in [2.24, 2.45) is 0 Å². The molecule has 8 heteroatoms. The van der Waals surface area contributed by atoms with Crippen LogP contribution in [0, 0.1) is 0 Å². The van der Waals surface area contributed by atoms with E-state index in [1.165, 1.54) is 38.5 Å². The minimum Gasteiger partial charge on any atom is -0.356 e. The highest BCUT2D eigenvalue weighted by Gasteiger charge is 2.12. The summed E-state index contributed by atoms with van der Waals surface area (Å²) in [4.78, 5) is 51.8. The van der Waals surface area contributed by atoms with Gasteiger partial charge < -0.3 is 20.4 Å². The van der Waals surface area contributed by atoms with Crippen molar-refractivity contribution in [3.63, 3.8) is 0 Å². The van der Waals surface area contributed by atoms with Crippen molar-refractivity contribution in [1.82, 2.24) is 20.4 Å². The Morgan fingerprint density at radius 3 is 1.18 bits per heavy atom. The SMILES string of the molecule is CCCCCCCN(C)C(=O)CCC(=O)NCCCCCCCNC(=O)CCC(=O)N(C)CCCCCCC. The molecule has 0 rings (SSSR count). The van der Waals surface area contributed by atoms with Gasteiger partial charge in [0.2, 0.25) is 23.6 Å². The van der Waals surface area contributed by atoms with Crippen LogP contribution in [-0.4, -0.2) is 73.7 Å². The molecule has 0 aliphatic carbocycles. The highest BCUT2D eigenvalue weighted by Crippen LogP contribution is 2.06. The number of carbonyl (C=O) groups excluding carboxylic acids is 4. The van der Waals surface area contributed by atoms with Gasteiger partial charge in [0, 0.05) is 66.0 Å². The van der Waals surface area contributed by atoms with E-state index in [9.17, 15) is 19.2 Å². The Labute approximate surface area is 239 Å². The molecule has 2 N–H and O–H groups in total. The first-order valence-corrected chi connectivity index (χ1v) is 15.8. The van der Waals surface area contributed by atoms with Crippen molar-refractivity contribution in [3.05, 3.63) is 0 Å². The molecule has 0 atom stereocenters. The highest BCUT2D eigenvalue weighted by molar-refractivity contribution is 5.84. The molecule has 0 heterocycles. The monoisotopic (exact) mass is 552 g/mol. The first-order chi connectivity index (χ1) is 18.8. The average molecular weight is 553 g/mol. The molecule has 0 aliphatic heterocycles. The van der Waals surface area contributed by atoms with E-state index in [1.54, 1.807) is 9.80 Å². The van der Waals surface area contributed by atoms with Crippen molar-refractivity contribution in [1.29, 1.82) is 0 Å². The van der Waals surface area contributed by atoms with Gasteiger partial charge in [-0.2, -0.15) is 0 Å². The summed E-state index contributed by atoms with van der Waals surface area (Å²) < 4.78 is 0. The normalized spacial score (nSPS) is 10.8. The topological polar surface area (TPSA) is 98.8 Å². The van der Waals surface area contributed by atoms with Crippen LogP contribution in [0.4, 0.5) is 0 Å². The number of nitrogens with zero attached hydrogens (tertiary/aromatic N) is 2. The average Bonchev–Trinajstić information content (AvgIpc) is 2.93. The van der Waals surface area contributed by atoms with Gasteiger partial charge in [-0.15, -0.1) is 0 Å². The van der Waals surface area contributed by atoms with Crippen LogP contribution in [0.15, 0.2) is 0 Å². The van der Waals surface area contributed by atoms with Crippen molar-refractivity contribution >= 4 is 23.6 Å². The molecule has 0 saturated heterocycles. The third kappa shape index (κ3) is 23.5. The summed E-state index contributed by atoms with van der Waals surface area (Å²) >= 11 is 0. The van der Waals surface area contributed by atoms with Crippen molar-refractivity contribution in [3.8, 4) is 0 Å². The molecule has 0 aliphatic rings. The van der Waals surface area contributed by atoms with Gasteiger partial charge in [0.25, 0.3) is 0 Å². The minimum atomic E-state index is -0.0564. The fraction of sp³-hybridized carbons (Fsp3) is 0.871. The molecular formula is C31H60N4O4. The Balaban J connectivity index is 3.61. The summed E-state index contributed by atoms with van der Waals surface area (Å²) in [7, 11) is 3.65. The van der Waals surface area contributed by atoms with E-state index < -0.39 is 0 Å². The summed E-state index contributed by atoms with van der Waals surface area (Å²) in [6.45, 7) is 7.19. The Morgan fingerprint density at radius 1 is 0.462 bits per heavy atom. The quantitative estimate of drug-likeness (QED) is 0.137. The van der Waals surface area contributed by atoms with Gasteiger partial charge >= 0.3 is 0 Å². The zero-order valence-electron chi connectivity index (χ0n) is 25.8. The van der Waals surface area contributed by atoms with Crippen LogP contribution in [0.1, 0.15) is 136 Å². The van der Waals surface area contributed by atoms with Gasteiger partial charge in [-0.3, -0.25) is 19.2 Å². The summed E-state index contributed by atoms with van der Waals surface area (Å²) in [5.41, 5.74) is 0. The van der Waals surface area contributed by atoms with E-state index in [1.807, 2.05) is 14.1 Å². The van der Waals surface area contributed by atoms with Gasteiger partial charge in [0.05, 0.1) is 0 Å². The zero-order valence-corrected chi connectivity index (χ0v) is 25.8. The fourth-order valence-corrected chi connectivity index (χ4v) is 4.39. The molecule has 0 aromatic rings. The van der Waals surface area contributed by atoms with E-state index in [0.29, 0.717) is 13.1 Å². The number of hydrogen-bond donors (Lipinski definition) is 2. The largest absolute Gasteiger partial charge is 0.356 e. The number of carbonyl (C=O) groups is 4. The lowest BCUT2D eigenvalue weighted by Crippen LogP contribution is -2.30. The molecule has 228 valence electrons. The summed E-state index contributed by atoms with van der Waals surface area (Å²) in [5.74, 6) is -0.0298. The van der Waals surface area contributed by atoms with Gasteiger partial charge in [-0.05, 0) is 25.7 Å². The summed E-state index contributed by atoms with van der Waals surface area (Å²) in [6.07, 6.45) is 17.7. The standard InChI is InChI=1S/C31H60N4O4/c1-5-7-9-14-18-26-34(3)30(38)22-20-28(36)32-24-16-12-11-13-17-25-33-29(37)21-23-31(39)35(4)27-19-15-10-8-6-2/h5-27H2,1-4H3,(H,32,36)(H,33,37). The van der Waals surface area contributed by atoms with Crippen molar-refractivity contribution in [2.75, 3.05) is 40.3 Å². The lowest BCUT2D eigenvalue weighted by atomic mass is 10.1. The van der Waals surface area contributed by atoms with Crippen molar-refractivity contribution in [2.45, 2.75) is 136 Å². The maximum absolute atomic E-state index is 12.2. The van der Waals surface area contributed by atoms with E-state index in [0.717, 1.165) is 70.9 Å². The van der Waals surface area contributed by atoms with Crippen LogP contribution in [-0.2, 0) is 19.2 Å². The minimum absolute atomic E-state index is 0.0415. The van der Waals surface area contributed by atoms with Gasteiger partial charge in [0.1, 0.15) is 0 Å².